The highest BCUT2D eigenvalue weighted by Crippen LogP contribution is 2.30. The van der Waals surface area contributed by atoms with Gasteiger partial charge in [-0.25, -0.2) is 17.6 Å². The standard InChI is InChI=1S/C12H11ClFNO5S/c1-20-12(17)9-4-7(14)2-3-10(9)15-6-8(5-11(15)16)21(13,18)19/h2-4,8H,5-6H2,1H3. The van der Waals surface area contributed by atoms with Gasteiger partial charge in [-0.2, -0.15) is 0 Å². The number of carbonyl (C=O) groups is 2. The number of halogens is 2. The van der Waals surface area contributed by atoms with E-state index in [2.05, 4.69) is 4.74 Å². The van der Waals surface area contributed by atoms with Crippen LogP contribution in [0.4, 0.5) is 10.1 Å². The lowest BCUT2D eigenvalue weighted by Crippen LogP contribution is -2.28. The van der Waals surface area contributed by atoms with Crippen molar-refractivity contribution >= 4 is 37.3 Å². The van der Waals surface area contributed by atoms with Gasteiger partial charge in [-0.1, -0.05) is 0 Å². The summed E-state index contributed by atoms with van der Waals surface area (Å²) >= 11 is 0. The van der Waals surface area contributed by atoms with Gasteiger partial charge in [0.2, 0.25) is 15.0 Å². The fourth-order valence-electron chi connectivity index (χ4n) is 2.11. The Morgan fingerprint density at radius 2 is 2.14 bits per heavy atom. The molecule has 21 heavy (non-hydrogen) atoms. The van der Waals surface area contributed by atoms with Crippen molar-refractivity contribution in [2.45, 2.75) is 11.7 Å². The molecule has 1 amide bonds. The highest BCUT2D eigenvalue weighted by Gasteiger charge is 2.39. The molecule has 1 aromatic carbocycles. The molecule has 0 spiro atoms. The van der Waals surface area contributed by atoms with Crippen molar-refractivity contribution in [3.8, 4) is 0 Å². The molecule has 1 aliphatic rings. The summed E-state index contributed by atoms with van der Waals surface area (Å²) in [5.41, 5.74) is -0.0606. The average Bonchev–Trinajstić information content (AvgIpc) is 2.80. The molecule has 0 aromatic heterocycles. The highest BCUT2D eigenvalue weighted by molar-refractivity contribution is 8.14. The van der Waals surface area contributed by atoms with E-state index in [0.717, 1.165) is 24.1 Å². The van der Waals surface area contributed by atoms with E-state index in [9.17, 15) is 22.4 Å². The van der Waals surface area contributed by atoms with E-state index in [1.165, 1.54) is 6.07 Å². The van der Waals surface area contributed by atoms with E-state index < -0.39 is 32.0 Å². The van der Waals surface area contributed by atoms with Gasteiger partial charge in [-0.05, 0) is 18.2 Å². The first-order chi connectivity index (χ1) is 9.74. The predicted octanol–water partition coefficient (Wildman–Crippen LogP) is 1.29. The van der Waals surface area contributed by atoms with Crippen LogP contribution < -0.4 is 4.90 Å². The third-order valence-electron chi connectivity index (χ3n) is 3.14. The third kappa shape index (κ3) is 3.16. The van der Waals surface area contributed by atoms with Crippen LogP contribution in [0.3, 0.4) is 0 Å². The van der Waals surface area contributed by atoms with E-state index in [1.54, 1.807) is 0 Å². The molecule has 0 saturated carbocycles. The number of rotatable bonds is 3. The summed E-state index contributed by atoms with van der Waals surface area (Å²) in [6.45, 7) is -0.194. The number of anilines is 1. The molecule has 114 valence electrons. The molecule has 1 saturated heterocycles. The Balaban J connectivity index is 2.43. The van der Waals surface area contributed by atoms with Crippen LogP contribution in [0.2, 0.25) is 0 Å². The van der Waals surface area contributed by atoms with Crippen molar-refractivity contribution in [1.29, 1.82) is 0 Å². The molecule has 0 aliphatic carbocycles. The zero-order valence-corrected chi connectivity index (χ0v) is 12.4. The van der Waals surface area contributed by atoms with Crippen molar-refractivity contribution in [2.75, 3.05) is 18.6 Å². The normalized spacial score (nSPS) is 18.9. The van der Waals surface area contributed by atoms with Gasteiger partial charge in [-0.15, -0.1) is 0 Å². The zero-order valence-electron chi connectivity index (χ0n) is 10.9. The summed E-state index contributed by atoms with van der Waals surface area (Å²) in [5, 5.41) is -1.07. The molecule has 1 atom stereocenters. The highest BCUT2D eigenvalue weighted by atomic mass is 35.7. The summed E-state index contributed by atoms with van der Waals surface area (Å²) in [6.07, 6.45) is -0.288. The third-order valence-corrected chi connectivity index (χ3v) is 5.01. The fraction of sp³-hybridized carbons (Fsp3) is 0.333. The minimum atomic E-state index is -3.90. The monoisotopic (exact) mass is 335 g/mol. The van der Waals surface area contributed by atoms with Gasteiger partial charge in [0.15, 0.2) is 0 Å². The molecule has 6 nitrogen and oxygen atoms in total. The molecule has 0 radical (unpaired) electrons. The predicted molar refractivity (Wildman–Crippen MR) is 73.3 cm³/mol. The van der Waals surface area contributed by atoms with Crippen LogP contribution in [0.1, 0.15) is 16.8 Å². The molecule has 2 rings (SSSR count). The maximum atomic E-state index is 13.3. The second-order valence-corrected chi connectivity index (χ2v) is 7.37. The van der Waals surface area contributed by atoms with Crippen LogP contribution in [0.25, 0.3) is 0 Å². The second kappa shape index (κ2) is 5.61. The quantitative estimate of drug-likeness (QED) is 0.614. The van der Waals surface area contributed by atoms with Gasteiger partial charge in [0.25, 0.3) is 0 Å². The maximum absolute atomic E-state index is 13.3. The number of benzene rings is 1. The molecule has 1 aliphatic heterocycles. The van der Waals surface area contributed by atoms with Gasteiger partial charge in [0.05, 0.1) is 18.4 Å². The minimum absolute atomic E-state index is 0.0936. The first-order valence-corrected chi connectivity index (χ1v) is 8.23. The summed E-state index contributed by atoms with van der Waals surface area (Å²) < 4.78 is 40.4. The molecule has 1 unspecified atom stereocenters. The Labute approximate surface area is 124 Å². The number of carbonyl (C=O) groups excluding carboxylic acids is 2. The molecule has 1 heterocycles. The molecular formula is C12H11ClFNO5S. The van der Waals surface area contributed by atoms with Crippen LogP contribution in [0.15, 0.2) is 18.2 Å². The maximum Gasteiger partial charge on any atom is 0.340 e. The van der Waals surface area contributed by atoms with Gasteiger partial charge >= 0.3 is 5.97 Å². The number of esters is 1. The first-order valence-electron chi connectivity index (χ1n) is 5.85. The average molecular weight is 336 g/mol. The molecule has 1 aromatic rings. The van der Waals surface area contributed by atoms with Gasteiger partial charge in [0, 0.05) is 23.6 Å². The molecular weight excluding hydrogens is 325 g/mol. The SMILES string of the molecule is COC(=O)c1cc(F)ccc1N1CC(S(=O)(=O)Cl)CC1=O. The number of amides is 1. The van der Waals surface area contributed by atoms with E-state index in [-0.39, 0.29) is 24.2 Å². The summed E-state index contributed by atoms with van der Waals surface area (Å²) in [4.78, 5) is 24.7. The smallest absolute Gasteiger partial charge is 0.340 e. The topological polar surface area (TPSA) is 80.8 Å². The van der Waals surface area contributed by atoms with Gasteiger partial charge < -0.3 is 9.64 Å². The lowest BCUT2D eigenvalue weighted by molar-refractivity contribution is -0.117. The van der Waals surface area contributed by atoms with E-state index in [0.29, 0.717) is 0 Å². The lowest BCUT2D eigenvalue weighted by atomic mass is 10.1. The molecule has 1 fully saturated rings. The van der Waals surface area contributed by atoms with E-state index >= 15 is 0 Å². The fourth-order valence-corrected chi connectivity index (χ4v) is 3.14. The molecule has 0 N–H and O–H groups in total. The van der Waals surface area contributed by atoms with Crippen LogP contribution >= 0.6 is 10.7 Å². The minimum Gasteiger partial charge on any atom is -0.465 e. The number of ether oxygens (including phenoxy) is 1. The Bertz CT molecular complexity index is 706. The summed E-state index contributed by atoms with van der Waals surface area (Å²) in [5.74, 6) is -2.01. The van der Waals surface area contributed by atoms with Crippen molar-refractivity contribution in [2.24, 2.45) is 0 Å². The van der Waals surface area contributed by atoms with Crippen molar-refractivity contribution in [3.05, 3.63) is 29.6 Å². The Hall–Kier alpha value is -1.67. The van der Waals surface area contributed by atoms with Crippen molar-refractivity contribution in [3.63, 3.8) is 0 Å². The Morgan fingerprint density at radius 1 is 1.48 bits per heavy atom. The van der Waals surface area contributed by atoms with Crippen LogP contribution in [0, 0.1) is 5.82 Å². The van der Waals surface area contributed by atoms with E-state index in [1.807, 2.05) is 0 Å². The van der Waals surface area contributed by atoms with Crippen molar-refractivity contribution in [1.82, 2.24) is 0 Å². The molecule has 0 bridgehead atoms. The number of methoxy groups -OCH3 is 1. The zero-order chi connectivity index (χ0) is 15.8. The van der Waals surface area contributed by atoms with Crippen LogP contribution in [-0.4, -0.2) is 39.2 Å². The van der Waals surface area contributed by atoms with Crippen molar-refractivity contribution < 1.29 is 27.1 Å². The number of hydrogen-bond acceptors (Lipinski definition) is 5. The molecule has 9 heteroatoms. The number of nitrogens with zero attached hydrogens (tertiary/aromatic N) is 1. The summed E-state index contributed by atoms with van der Waals surface area (Å²) in [6, 6.07) is 3.22. The number of hydrogen-bond donors (Lipinski definition) is 0. The Kier molecular flexibility index (Phi) is 4.20. The van der Waals surface area contributed by atoms with Crippen LogP contribution in [0.5, 0.6) is 0 Å². The largest absolute Gasteiger partial charge is 0.465 e. The van der Waals surface area contributed by atoms with Crippen LogP contribution in [-0.2, 0) is 18.6 Å². The van der Waals surface area contributed by atoms with E-state index in [4.69, 9.17) is 10.7 Å². The lowest BCUT2D eigenvalue weighted by Gasteiger charge is -2.19. The summed E-state index contributed by atoms with van der Waals surface area (Å²) in [7, 11) is 2.47. The second-order valence-electron chi connectivity index (χ2n) is 4.46. The Morgan fingerprint density at radius 3 is 2.67 bits per heavy atom. The van der Waals surface area contributed by atoms with Gasteiger partial charge in [0.1, 0.15) is 11.1 Å². The van der Waals surface area contributed by atoms with Gasteiger partial charge in [-0.3, -0.25) is 4.79 Å². The first kappa shape index (κ1) is 15.7.